The summed E-state index contributed by atoms with van der Waals surface area (Å²) in [4.78, 5) is 7.06. The normalized spacial score (nSPS) is 16.8. The molecule has 3 rings (SSSR count). The largest absolute Gasteiger partial charge is 0.497 e. The highest BCUT2D eigenvalue weighted by molar-refractivity contribution is 5.40. The first-order chi connectivity index (χ1) is 12.7. The minimum absolute atomic E-state index is 0.295. The minimum Gasteiger partial charge on any atom is -0.497 e. The number of hydrogen-bond donors (Lipinski definition) is 0. The lowest BCUT2D eigenvalue weighted by Crippen LogP contribution is -2.32. The van der Waals surface area contributed by atoms with Crippen LogP contribution in [0.15, 0.2) is 36.4 Å². The molecule has 5 heteroatoms. The van der Waals surface area contributed by atoms with E-state index in [1.54, 1.807) is 14.2 Å². The Labute approximate surface area is 155 Å². The van der Waals surface area contributed by atoms with E-state index >= 15 is 0 Å². The lowest BCUT2D eigenvalue weighted by molar-refractivity contribution is 0.0672. The number of pyridine rings is 1. The first-order valence-electron chi connectivity index (χ1n) is 9.15. The summed E-state index contributed by atoms with van der Waals surface area (Å²) in [6, 6.07) is 12.2. The Bertz CT molecular complexity index is 714. The van der Waals surface area contributed by atoms with Gasteiger partial charge < -0.3 is 14.2 Å². The van der Waals surface area contributed by atoms with Gasteiger partial charge in [-0.05, 0) is 38.0 Å². The van der Waals surface area contributed by atoms with Crippen LogP contribution in [0.25, 0.3) is 0 Å². The van der Waals surface area contributed by atoms with Gasteiger partial charge in [-0.1, -0.05) is 12.1 Å². The number of hydrogen-bond acceptors (Lipinski definition) is 5. The van der Waals surface area contributed by atoms with Crippen molar-refractivity contribution in [3.05, 3.63) is 53.3 Å². The van der Waals surface area contributed by atoms with Gasteiger partial charge in [-0.15, -0.1) is 0 Å². The zero-order chi connectivity index (χ0) is 18.4. The maximum Gasteiger partial charge on any atom is 0.127 e. The second kappa shape index (κ2) is 9.01. The zero-order valence-electron chi connectivity index (χ0n) is 15.9. The molecule has 5 nitrogen and oxygen atoms in total. The van der Waals surface area contributed by atoms with Gasteiger partial charge in [0.25, 0.3) is 0 Å². The van der Waals surface area contributed by atoms with Gasteiger partial charge in [-0.3, -0.25) is 9.88 Å². The molecule has 1 fully saturated rings. The number of aromatic nitrogens is 1. The minimum atomic E-state index is 0.295. The van der Waals surface area contributed by atoms with Crippen molar-refractivity contribution in [3.63, 3.8) is 0 Å². The van der Waals surface area contributed by atoms with Crippen LogP contribution in [0.4, 0.5) is 0 Å². The second-order valence-electron chi connectivity index (χ2n) is 6.75. The topological polar surface area (TPSA) is 43.8 Å². The van der Waals surface area contributed by atoms with Gasteiger partial charge in [-0.25, -0.2) is 0 Å². The van der Waals surface area contributed by atoms with Gasteiger partial charge in [0.15, 0.2) is 0 Å². The van der Waals surface area contributed by atoms with Crippen LogP contribution in [0.3, 0.4) is 0 Å². The standard InChI is InChI=1S/C21H28N2O3/c1-16-6-4-7-18(22-16)14-23(15-20-8-5-11-26-20)13-17-9-10-19(24-2)12-21(17)25-3/h4,6-7,9-10,12,20H,5,8,11,13-15H2,1-3H3. The molecule has 0 amide bonds. The van der Waals surface area contributed by atoms with Crippen molar-refractivity contribution in [2.45, 2.75) is 39.0 Å². The fraction of sp³-hybridized carbons (Fsp3) is 0.476. The van der Waals surface area contributed by atoms with E-state index in [1.807, 2.05) is 25.1 Å². The summed E-state index contributed by atoms with van der Waals surface area (Å²) >= 11 is 0. The molecule has 1 unspecified atom stereocenters. The molecule has 0 bridgehead atoms. The third-order valence-electron chi connectivity index (χ3n) is 4.71. The quantitative estimate of drug-likeness (QED) is 0.723. The van der Waals surface area contributed by atoms with Crippen molar-refractivity contribution in [2.75, 3.05) is 27.4 Å². The van der Waals surface area contributed by atoms with E-state index in [0.29, 0.717) is 6.10 Å². The molecule has 1 aromatic heterocycles. The van der Waals surface area contributed by atoms with Gasteiger partial charge in [0.05, 0.1) is 26.0 Å². The zero-order valence-corrected chi connectivity index (χ0v) is 15.9. The summed E-state index contributed by atoms with van der Waals surface area (Å²) in [7, 11) is 3.37. The van der Waals surface area contributed by atoms with Crippen LogP contribution in [0.2, 0.25) is 0 Å². The molecule has 1 aromatic carbocycles. The van der Waals surface area contributed by atoms with Crippen LogP contribution in [-0.2, 0) is 17.8 Å². The number of rotatable bonds is 8. The Morgan fingerprint density at radius 2 is 2.04 bits per heavy atom. The number of nitrogens with zero attached hydrogens (tertiary/aromatic N) is 2. The van der Waals surface area contributed by atoms with Gasteiger partial charge in [0.1, 0.15) is 11.5 Å². The van der Waals surface area contributed by atoms with Crippen molar-refractivity contribution in [1.29, 1.82) is 0 Å². The summed E-state index contributed by atoms with van der Waals surface area (Å²) in [6.45, 7) is 5.36. The van der Waals surface area contributed by atoms with Crippen molar-refractivity contribution < 1.29 is 14.2 Å². The first-order valence-corrected chi connectivity index (χ1v) is 9.15. The van der Waals surface area contributed by atoms with Crippen LogP contribution < -0.4 is 9.47 Å². The molecular formula is C21H28N2O3. The van der Waals surface area contributed by atoms with Crippen LogP contribution in [0.5, 0.6) is 11.5 Å². The van der Waals surface area contributed by atoms with Gasteiger partial charge in [-0.2, -0.15) is 0 Å². The van der Waals surface area contributed by atoms with Crippen LogP contribution in [-0.4, -0.2) is 43.4 Å². The van der Waals surface area contributed by atoms with Crippen LogP contribution in [0.1, 0.15) is 29.8 Å². The monoisotopic (exact) mass is 356 g/mol. The molecule has 26 heavy (non-hydrogen) atoms. The van der Waals surface area contributed by atoms with E-state index in [0.717, 1.165) is 67.5 Å². The molecule has 1 aliphatic heterocycles. The van der Waals surface area contributed by atoms with Gasteiger partial charge >= 0.3 is 0 Å². The van der Waals surface area contributed by atoms with E-state index in [1.165, 1.54) is 0 Å². The third kappa shape index (κ3) is 4.96. The lowest BCUT2D eigenvalue weighted by atomic mass is 10.1. The Hall–Kier alpha value is -2.11. The number of aryl methyl sites for hydroxylation is 1. The molecule has 1 saturated heterocycles. The maximum absolute atomic E-state index is 5.86. The number of methoxy groups -OCH3 is 2. The molecule has 0 spiro atoms. The molecule has 0 aliphatic carbocycles. The fourth-order valence-electron chi connectivity index (χ4n) is 3.40. The highest BCUT2D eigenvalue weighted by Crippen LogP contribution is 2.27. The Morgan fingerprint density at radius 3 is 2.73 bits per heavy atom. The van der Waals surface area contributed by atoms with E-state index in [4.69, 9.17) is 14.2 Å². The predicted molar refractivity (Wildman–Crippen MR) is 102 cm³/mol. The van der Waals surface area contributed by atoms with Crippen molar-refractivity contribution in [3.8, 4) is 11.5 Å². The summed E-state index contributed by atoms with van der Waals surface area (Å²) in [5.41, 5.74) is 3.26. The molecule has 1 atom stereocenters. The first kappa shape index (κ1) is 18.7. The van der Waals surface area contributed by atoms with Crippen molar-refractivity contribution >= 4 is 0 Å². The number of ether oxygens (including phenoxy) is 3. The molecule has 0 N–H and O–H groups in total. The molecule has 2 aromatic rings. The maximum atomic E-state index is 5.86. The van der Waals surface area contributed by atoms with Gasteiger partial charge in [0, 0.05) is 43.6 Å². The summed E-state index contributed by atoms with van der Waals surface area (Å²) in [6.07, 6.45) is 2.56. The Kier molecular flexibility index (Phi) is 6.47. The smallest absolute Gasteiger partial charge is 0.127 e. The number of benzene rings is 1. The Morgan fingerprint density at radius 1 is 1.15 bits per heavy atom. The molecule has 2 heterocycles. The van der Waals surface area contributed by atoms with Crippen LogP contribution in [0, 0.1) is 6.92 Å². The molecule has 140 valence electrons. The summed E-state index contributed by atoms with van der Waals surface area (Å²) in [5, 5.41) is 0. The lowest BCUT2D eigenvalue weighted by Gasteiger charge is -2.26. The third-order valence-corrected chi connectivity index (χ3v) is 4.71. The summed E-state index contributed by atoms with van der Waals surface area (Å²) in [5.74, 6) is 1.65. The molecular weight excluding hydrogens is 328 g/mol. The Balaban J connectivity index is 1.78. The average Bonchev–Trinajstić information content (AvgIpc) is 3.15. The summed E-state index contributed by atoms with van der Waals surface area (Å²) < 4.78 is 16.7. The van der Waals surface area contributed by atoms with Gasteiger partial charge in [0.2, 0.25) is 0 Å². The van der Waals surface area contributed by atoms with E-state index in [-0.39, 0.29) is 0 Å². The van der Waals surface area contributed by atoms with Crippen molar-refractivity contribution in [1.82, 2.24) is 9.88 Å². The predicted octanol–water partition coefficient (Wildman–Crippen LogP) is 3.59. The highest BCUT2D eigenvalue weighted by Gasteiger charge is 2.21. The van der Waals surface area contributed by atoms with Crippen LogP contribution >= 0.6 is 0 Å². The van der Waals surface area contributed by atoms with E-state index in [9.17, 15) is 0 Å². The second-order valence-corrected chi connectivity index (χ2v) is 6.75. The van der Waals surface area contributed by atoms with E-state index in [2.05, 4.69) is 28.1 Å². The fourth-order valence-corrected chi connectivity index (χ4v) is 3.40. The highest BCUT2D eigenvalue weighted by atomic mass is 16.5. The molecule has 1 aliphatic rings. The van der Waals surface area contributed by atoms with Crippen molar-refractivity contribution in [2.24, 2.45) is 0 Å². The molecule has 0 saturated carbocycles. The van der Waals surface area contributed by atoms with E-state index < -0.39 is 0 Å². The molecule has 0 radical (unpaired) electrons. The SMILES string of the molecule is COc1ccc(CN(Cc2cccc(C)n2)CC2CCCO2)c(OC)c1. The average molecular weight is 356 g/mol.